The molecule has 22 heavy (non-hydrogen) atoms. The van der Waals surface area contributed by atoms with Gasteiger partial charge in [0, 0.05) is 19.5 Å². The van der Waals surface area contributed by atoms with Gasteiger partial charge in [0.15, 0.2) is 0 Å². The van der Waals surface area contributed by atoms with E-state index in [4.69, 9.17) is 10.2 Å². The van der Waals surface area contributed by atoms with Gasteiger partial charge in [0.05, 0.1) is 6.42 Å². The fourth-order valence-electron chi connectivity index (χ4n) is 3.16. The third-order valence-corrected chi connectivity index (χ3v) is 4.23. The average molecular weight is 312 g/mol. The fourth-order valence-corrected chi connectivity index (χ4v) is 3.16. The Morgan fingerprint density at radius 1 is 0.864 bits per heavy atom. The zero-order chi connectivity index (χ0) is 16.3. The lowest BCUT2D eigenvalue weighted by atomic mass is 10.1. The molecule has 122 valence electrons. The monoisotopic (exact) mass is 312 g/mol. The van der Waals surface area contributed by atoms with Gasteiger partial charge < -0.3 is 20.0 Å². The van der Waals surface area contributed by atoms with Gasteiger partial charge in [-0.05, 0) is 25.7 Å². The number of nitrogens with zero attached hydrogens (tertiary/aromatic N) is 2. The topological polar surface area (TPSA) is 115 Å². The van der Waals surface area contributed by atoms with E-state index in [2.05, 4.69) is 0 Å². The smallest absolute Gasteiger partial charge is 0.326 e. The molecule has 8 nitrogen and oxygen atoms in total. The van der Waals surface area contributed by atoms with Crippen LogP contribution in [-0.4, -0.2) is 68.9 Å². The van der Waals surface area contributed by atoms with Crippen molar-refractivity contribution in [1.82, 2.24) is 9.80 Å². The number of aliphatic carboxylic acids is 2. The highest BCUT2D eigenvalue weighted by Crippen LogP contribution is 2.25. The molecule has 2 aliphatic heterocycles. The number of hydrogen-bond donors (Lipinski definition) is 2. The first kappa shape index (κ1) is 16.3. The molecule has 2 aliphatic rings. The standard InChI is InChI=1S/C14H20N2O6/c17-11(5-6-12(18)19)15-7-1-3-9(15)13(20)16-8-2-4-10(16)14(21)22/h9-10H,1-8H2,(H,18,19)(H,21,22)/t9-,10-/m0/s1. The molecule has 8 heteroatoms. The summed E-state index contributed by atoms with van der Waals surface area (Å²) in [6.07, 6.45) is 1.84. The van der Waals surface area contributed by atoms with Crippen molar-refractivity contribution in [3.63, 3.8) is 0 Å². The van der Waals surface area contributed by atoms with Crippen LogP contribution >= 0.6 is 0 Å². The summed E-state index contributed by atoms with van der Waals surface area (Å²) in [5.41, 5.74) is 0. The van der Waals surface area contributed by atoms with Crippen LogP contribution in [0.25, 0.3) is 0 Å². The molecule has 2 amide bonds. The number of carbonyl (C=O) groups is 4. The van der Waals surface area contributed by atoms with Gasteiger partial charge in [0.2, 0.25) is 11.8 Å². The van der Waals surface area contributed by atoms with Gasteiger partial charge in [-0.1, -0.05) is 0 Å². The average Bonchev–Trinajstić information content (AvgIpc) is 3.12. The van der Waals surface area contributed by atoms with Crippen LogP contribution < -0.4 is 0 Å². The molecule has 0 bridgehead atoms. The van der Waals surface area contributed by atoms with Crippen molar-refractivity contribution in [3.05, 3.63) is 0 Å². The zero-order valence-electron chi connectivity index (χ0n) is 12.2. The zero-order valence-corrected chi connectivity index (χ0v) is 12.2. The van der Waals surface area contributed by atoms with E-state index in [1.807, 2.05) is 0 Å². The Labute approximate surface area is 127 Å². The molecule has 2 fully saturated rings. The second-order valence-corrected chi connectivity index (χ2v) is 5.67. The minimum atomic E-state index is -1.05. The van der Waals surface area contributed by atoms with Crippen LogP contribution in [0, 0.1) is 0 Å². The largest absolute Gasteiger partial charge is 0.481 e. The van der Waals surface area contributed by atoms with Crippen molar-refractivity contribution in [3.8, 4) is 0 Å². The van der Waals surface area contributed by atoms with Crippen LogP contribution in [0.15, 0.2) is 0 Å². The predicted molar refractivity (Wildman–Crippen MR) is 74.0 cm³/mol. The molecule has 0 aliphatic carbocycles. The van der Waals surface area contributed by atoms with Crippen LogP contribution in [0.1, 0.15) is 38.5 Å². The van der Waals surface area contributed by atoms with Crippen LogP contribution in [-0.2, 0) is 19.2 Å². The number of rotatable bonds is 5. The minimum absolute atomic E-state index is 0.137. The SMILES string of the molecule is O=C(O)CCC(=O)N1CCC[C@H]1C(=O)N1CCC[C@H]1C(=O)O. The van der Waals surface area contributed by atoms with E-state index in [-0.39, 0.29) is 24.7 Å². The Morgan fingerprint density at radius 3 is 2.05 bits per heavy atom. The van der Waals surface area contributed by atoms with Crippen molar-refractivity contribution in [2.45, 2.75) is 50.6 Å². The molecule has 0 saturated carbocycles. The van der Waals surface area contributed by atoms with Crippen molar-refractivity contribution in [2.75, 3.05) is 13.1 Å². The van der Waals surface area contributed by atoms with E-state index >= 15 is 0 Å². The Kier molecular flexibility index (Phi) is 4.99. The maximum atomic E-state index is 12.6. The minimum Gasteiger partial charge on any atom is -0.481 e. The summed E-state index contributed by atoms with van der Waals surface area (Å²) in [6, 6.07) is -1.47. The summed E-state index contributed by atoms with van der Waals surface area (Å²) in [6.45, 7) is 0.809. The third-order valence-electron chi connectivity index (χ3n) is 4.23. The van der Waals surface area contributed by atoms with Gasteiger partial charge in [0.25, 0.3) is 0 Å². The van der Waals surface area contributed by atoms with Gasteiger partial charge >= 0.3 is 11.9 Å². The van der Waals surface area contributed by atoms with Crippen molar-refractivity contribution < 1.29 is 29.4 Å². The van der Waals surface area contributed by atoms with Gasteiger partial charge in [-0.2, -0.15) is 0 Å². The molecule has 0 aromatic heterocycles. The Morgan fingerprint density at radius 2 is 1.45 bits per heavy atom. The Bertz CT molecular complexity index is 492. The first-order valence-corrected chi connectivity index (χ1v) is 7.46. The maximum Gasteiger partial charge on any atom is 0.326 e. The van der Waals surface area contributed by atoms with Crippen LogP contribution in [0.3, 0.4) is 0 Å². The number of hydrogen-bond acceptors (Lipinski definition) is 4. The lowest BCUT2D eigenvalue weighted by molar-refractivity contribution is -0.152. The first-order valence-electron chi connectivity index (χ1n) is 7.46. The molecule has 2 N–H and O–H groups in total. The highest BCUT2D eigenvalue weighted by molar-refractivity contribution is 5.91. The molecule has 0 radical (unpaired) electrons. The van der Waals surface area contributed by atoms with E-state index in [0.29, 0.717) is 38.8 Å². The Hall–Kier alpha value is -2.12. The van der Waals surface area contributed by atoms with Gasteiger partial charge in [-0.25, -0.2) is 4.79 Å². The molecule has 2 atom stereocenters. The van der Waals surface area contributed by atoms with E-state index in [1.165, 1.54) is 9.80 Å². The molecule has 0 aromatic carbocycles. The number of carboxylic acid groups (broad SMARTS) is 2. The molecule has 2 rings (SSSR count). The highest BCUT2D eigenvalue weighted by Gasteiger charge is 2.41. The molecule has 2 heterocycles. The molecular weight excluding hydrogens is 292 g/mol. The van der Waals surface area contributed by atoms with Crippen LogP contribution in [0.4, 0.5) is 0 Å². The summed E-state index contributed by atoms with van der Waals surface area (Å²) in [7, 11) is 0. The van der Waals surface area contributed by atoms with Crippen molar-refractivity contribution in [2.24, 2.45) is 0 Å². The van der Waals surface area contributed by atoms with E-state index in [1.54, 1.807) is 0 Å². The van der Waals surface area contributed by atoms with Gasteiger partial charge in [-0.3, -0.25) is 14.4 Å². The Balaban J connectivity index is 2.03. The molecule has 0 aromatic rings. The second kappa shape index (κ2) is 6.76. The van der Waals surface area contributed by atoms with Gasteiger partial charge in [0.1, 0.15) is 12.1 Å². The number of carbonyl (C=O) groups excluding carboxylic acids is 2. The van der Waals surface area contributed by atoms with E-state index in [0.717, 1.165) is 0 Å². The number of carboxylic acids is 2. The lowest BCUT2D eigenvalue weighted by Gasteiger charge is -2.30. The predicted octanol–water partition coefficient (Wildman–Crippen LogP) is -0.0822. The molecule has 0 unspecified atom stereocenters. The maximum absolute atomic E-state index is 12.6. The quantitative estimate of drug-likeness (QED) is 0.733. The van der Waals surface area contributed by atoms with Crippen LogP contribution in [0.2, 0.25) is 0 Å². The highest BCUT2D eigenvalue weighted by atomic mass is 16.4. The van der Waals surface area contributed by atoms with Gasteiger partial charge in [-0.15, -0.1) is 0 Å². The second-order valence-electron chi connectivity index (χ2n) is 5.67. The molecule has 2 saturated heterocycles. The summed E-state index contributed by atoms with van der Waals surface area (Å²) in [5, 5.41) is 17.8. The summed E-state index contributed by atoms with van der Waals surface area (Å²) in [4.78, 5) is 49.1. The molecular formula is C14H20N2O6. The summed E-state index contributed by atoms with van der Waals surface area (Å²) < 4.78 is 0. The van der Waals surface area contributed by atoms with Crippen LogP contribution in [0.5, 0.6) is 0 Å². The number of likely N-dealkylation sites (tertiary alicyclic amines) is 2. The fraction of sp³-hybridized carbons (Fsp3) is 0.714. The lowest BCUT2D eigenvalue weighted by Crippen LogP contribution is -2.51. The first-order chi connectivity index (χ1) is 10.4. The normalized spacial score (nSPS) is 24.5. The van der Waals surface area contributed by atoms with E-state index < -0.39 is 24.0 Å². The summed E-state index contributed by atoms with van der Waals surface area (Å²) >= 11 is 0. The van der Waals surface area contributed by atoms with Crippen molar-refractivity contribution >= 4 is 23.8 Å². The van der Waals surface area contributed by atoms with E-state index in [9.17, 15) is 19.2 Å². The summed E-state index contributed by atoms with van der Waals surface area (Å²) in [5.74, 6) is -2.76. The third kappa shape index (κ3) is 3.37. The number of amides is 2. The van der Waals surface area contributed by atoms with Crippen molar-refractivity contribution in [1.29, 1.82) is 0 Å². The molecule has 0 spiro atoms.